The van der Waals surface area contributed by atoms with Crippen LogP contribution in [0.4, 0.5) is 10.6 Å². The van der Waals surface area contributed by atoms with Gasteiger partial charge < -0.3 is 4.74 Å². The van der Waals surface area contributed by atoms with Crippen molar-refractivity contribution >= 4 is 22.1 Å². The Labute approximate surface area is 142 Å². The molecule has 0 N–H and O–H groups in total. The van der Waals surface area contributed by atoms with Crippen LogP contribution in [0.3, 0.4) is 0 Å². The van der Waals surface area contributed by atoms with E-state index in [2.05, 4.69) is 4.98 Å². The molecule has 0 aromatic carbocycles. The van der Waals surface area contributed by atoms with E-state index in [1.54, 1.807) is 6.07 Å². The maximum absolute atomic E-state index is 12.3. The van der Waals surface area contributed by atoms with Crippen LogP contribution in [0.15, 0.2) is 18.2 Å². The highest BCUT2D eigenvalue weighted by Gasteiger charge is 2.32. The van der Waals surface area contributed by atoms with Gasteiger partial charge in [0.25, 0.3) is 10.2 Å². The van der Waals surface area contributed by atoms with Gasteiger partial charge in [-0.05, 0) is 25.0 Å². The van der Waals surface area contributed by atoms with E-state index >= 15 is 0 Å². The zero-order valence-electron chi connectivity index (χ0n) is 13.9. The minimum Gasteiger partial charge on any atom is -0.447 e. The monoisotopic (exact) mass is 354 g/mol. The molecule has 1 aromatic heterocycles. The second-order valence-corrected chi connectivity index (χ2v) is 8.32. The van der Waals surface area contributed by atoms with Crippen LogP contribution in [-0.4, -0.2) is 68.4 Å². The lowest BCUT2D eigenvalue weighted by molar-refractivity contribution is 0.181. The zero-order valence-corrected chi connectivity index (χ0v) is 14.7. The Morgan fingerprint density at radius 3 is 2.75 bits per heavy atom. The number of amides is 1. The first-order valence-corrected chi connectivity index (χ1v) is 9.38. The summed E-state index contributed by atoms with van der Waals surface area (Å²) in [6, 6.07) is 5.51. The molecule has 3 rings (SSSR count). The van der Waals surface area contributed by atoms with E-state index in [0.29, 0.717) is 32.1 Å². The number of rotatable bonds is 4. The summed E-state index contributed by atoms with van der Waals surface area (Å²) < 4.78 is 32.4. The highest BCUT2D eigenvalue weighted by molar-refractivity contribution is 7.86. The molecule has 2 aliphatic rings. The fourth-order valence-electron chi connectivity index (χ4n) is 3.04. The average molecular weight is 354 g/mol. The van der Waals surface area contributed by atoms with Gasteiger partial charge in [0.15, 0.2) is 0 Å². The van der Waals surface area contributed by atoms with Crippen molar-refractivity contribution in [1.29, 1.82) is 0 Å². The molecule has 2 saturated heterocycles. The molecule has 24 heavy (non-hydrogen) atoms. The number of pyridine rings is 1. The summed E-state index contributed by atoms with van der Waals surface area (Å²) in [6.07, 6.45) is 1.27. The van der Waals surface area contributed by atoms with Crippen molar-refractivity contribution in [3.63, 3.8) is 0 Å². The number of aromatic nitrogens is 1. The Hall–Kier alpha value is -1.71. The number of cyclic esters (lactones) is 1. The Morgan fingerprint density at radius 1 is 1.29 bits per heavy atom. The Morgan fingerprint density at radius 2 is 2.08 bits per heavy atom. The molecule has 3 heterocycles. The first-order chi connectivity index (χ1) is 11.4. The van der Waals surface area contributed by atoms with Gasteiger partial charge in [0.2, 0.25) is 0 Å². The summed E-state index contributed by atoms with van der Waals surface area (Å²) >= 11 is 0. The van der Waals surface area contributed by atoms with Gasteiger partial charge >= 0.3 is 6.09 Å². The van der Waals surface area contributed by atoms with Gasteiger partial charge in [-0.3, -0.25) is 4.90 Å². The van der Waals surface area contributed by atoms with Crippen molar-refractivity contribution in [2.45, 2.75) is 18.8 Å². The van der Waals surface area contributed by atoms with Gasteiger partial charge in [0, 0.05) is 38.8 Å². The lowest BCUT2D eigenvalue weighted by Crippen LogP contribution is -2.45. The molecule has 1 amide bonds. The minimum atomic E-state index is -3.42. The molecule has 9 heteroatoms. The van der Waals surface area contributed by atoms with Gasteiger partial charge in [-0.15, -0.1) is 0 Å². The molecule has 0 spiro atoms. The molecule has 1 atom stereocenters. The largest absolute Gasteiger partial charge is 0.447 e. The van der Waals surface area contributed by atoms with Crippen molar-refractivity contribution in [3.8, 4) is 0 Å². The highest BCUT2D eigenvalue weighted by Crippen LogP contribution is 2.29. The Kier molecular flexibility index (Phi) is 4.75. The van der Waals surface area contributed by atoms with Gasteiger partial charge in [-0.1, -0.05) is 6.07 Å². The molecule has 0 radical (unpaired) electrons. The molecule has 1 unspecified atom stereocenters. The first-order valence-electron chi connectivity index (χ1n) is 7.98. The first kappa shape index (κ1) is 17.1. The second kappa shape index (κ2) is 6.66. The van der Waals surface area contributed by atoms with E-state index in [1.165, 1.54) is 27.6 Å². The number of anilines is 1. The van der Waals surface area contributed by atoms with Crippen LogP contribution in [-0.2, 0) is 14.9 Å². The van der Waals surface area contributed by atoms with E-state index in [1.807, 2.05) is 12.1 Å². The van der Waals surface area contributed by atoms with Crippen LogP contribution in [0, 0.1) is 0 Å². The summed E-state index contributed by atoms with van der Waals surface area (Å²) in [5.41, 5.74) is 0.811. The summed E-state index contributed by atoms with van der Waals surface area (Å²) in [4.78, 5) is 17.8. The van der Waals surface area contributed by atoms with Crippen molar-refractivity contribution in [2.75, 3.05) is 45.2 Å². The standard InChI is InChI=1S/C15H22N4O4S/c1-17(2)24(21,22)18-8-4-5-12(11-18)13-6-3-7-14(16-13)19-9-10-23-15(19)20/h3,6-7,12H,4-5,8-11H2,1-2H3. The van der Waals surface area contributed by atoms with Gasteiger partial charge in [0.1, 0.15) is 12.4 Å². The summed E-state index contributed by atoms with van der Waals surface area (Å²) in [7, 11) is -0.344. The number of carbonyl (C=O) groups excluding carboxylic acids is 1. The summed E-state index contributed by atoms with van der Waals surface area (Å²) in [5, 5.41) is 0. The molecule has 2 aliphatic heterocycles. The van der Waals surface area contributed by atoms with Crippen molar-refractivity contribution in [2.24, 2.45) is 0 Å². The third kappa shape index (κ3) is 3.24. The molecule has 132 valence electrons. The number of hydrogen-bond donors (Lipinski definition) is 0. The van der Waals surface area contributed by atoms with Gasteiger partial charge in [-0.2, -0.15) is 17.0 Å². The molecule has 0 aliphatic carbocycles. The predicted octanol–water partition coefficient (Wildman–Crippen LogP) is 1.02. The number of nitrogens with zero attached hydrogens (tertiary/aromatic N) is 4. The van der Waals surface area contributed by atoms with Crippen LogP contribution in [0.5, 0.6) is 0 Å². The maximum atomic E-state index is 12.3. The van der Waals surface area contributed by atoms with E-state index < -0.39 is 10.2 Å². The van der Waals surface area contributed by atoms with Crippen LogP contribution >= 0.6 is 0 Å². The molecule has 1 aromatic rings. The fraction of sp³-hybridized carbons (Fsp3) is 0.600. The third-order valence-electron chi connectivity index (χ3n) is 4.38. The topological polar surface area (TPSA) is 83.0 Å². The smallest absolute Gasteiger partial charge is 0.415 e. The third-order valence-corrected chi connectivity index (χ3v) is 6.29. The molecule has 0 bridgehead atoms. The second-order valence-electron chi connectivity index (χ2n) is 6.17. The number of ether oxygens (including phenoxy) is 1. The average Bonchev–Trinajstić information content (AvgIpc) is 3.01. The normalized spacial score (nSPS) is 22.9. The quantitative estimate of drug-likeness (QED) is 0.806. The van der Waals surface area contributed by atoms with E-state index in [4.69, 9.17) is 4.74 Å². The van der Waals surface area contributed by atoms with Crippen LogP contribution in [0.25, 0.3) is 0 Å². The lowest BCUT2D eigenvalue weighted by atomic mass is 9.95. The lowest BCUT2D eigenvalue weighted by Gasteiger charge is -2.33. The SMILES string of the molecule is CN(C)S(=O)(=O)N1CCCC(c2cccc(N3CCOC3=O)n2)C1. The molecule has 0 saturated carbocycles. The number of carbonyl (C=O) groups is 1. The maximum Gasteiger partial charge on any atom is 0.415 e. The van der Waals surface area contributed by atoms with E-state index in [-0.39, 0.29) is 12.0 Å². The van der Waals surface area contributed by atoms with E-state index in [9.17, 15) is 13.2 Å². The minimum absolute atomic E-state index is 0.0204. The van der Waals surface area contributed by atoms with Crippen molar-refractivity contribution in [3.05, 3.63) is 23.9 Å². The van der Waals surface area contributed by atoms with Gasteiger partial charge in [-0.25, -0.2) is 9.78 Å². The summed E-state index contributed by atoms with van der Waals surface area (Å²) in [6.45, 7) is 1.78. The van der Waals surface area contributed by atoms with Crippen LogP contribution < -0.4 is 4.90 Å². The molecule has 8 nitrogen and oxygen atoms in total. The van der Waals surface area contributed by atoms with Crippen molar-refractivity contribution in [1.82, 2.24) is 13.6 Å². The number of hydrogen-bond acceptors (Lipinski definition) is 5. The van der Waals surface area contributed by atoms with Crippen LogP contribution in [0.1, 0.15) is 24.5 Å². The van der Waals surface area contributed by atoms with Gasteiger partial charge in [0.05, 0.1) is 6.54 Å². The predicted molar refractivity (Wildman–Crippen MR) is 89.1 cm³/mol. The Balaban J connectivity index is 1.80. The fourth-order valence-corrected chi connectivity index (χ4v) is 4.23. The molecule has 2 fully saturated rings. The molecular weight excluding hydrogens is 332 g/mol. The van der Waals surface area contributed by atoms with Crippen LogP contribution in [0.2, 0.25) is 0 Å². The van der Waals surface area contributed by atoms with Crippen molar-refractivity contribution < 1.29 is 17.9 Å². The summed E-state index contributed by atoms with van der Waals surface area (Å²) in [5.74, 6) is 0.578. The zero-order chi connectivity index (χ0) is 17.3. The molecular formula is C15H22N4O4S. The number of piperidine rings is 1. The van der Waals surface area contributed by atoms with E-state index in [0.717, 1.165) is 18.5 Å². The Bertz CT molecular complexity index is 722. The highest BCUT2D eigenvalue weighted by atomic mass is 32.2.